The summed E-state index contributed by atoms with van der Waals surface area (Å²) in [5.41, 5.74) is 0.680. The van der Waals surface area contributed by atoms with Gasteiger partial charge in [-0.25, -0.2) is 0 Å². The van der Waals surface area contributed by atoms with Gasteiger partial charge in [-0.15, -0.1) is 0 Å². The van der Waals surface area contributed by atoms with Crippen molar-refractivity contribution in [2.24, 2.45) is 0 Å². The molecule has 0 aliphatic carbocycles. The maximum Gasteiger partial charge on any atom is 0.306 e. The van der Waals surface area contributed by atoms with Gasteiger partial charge in [-0.05, 0) is 25.2 Å². The second-order valence-electron chi connectivity index (χ2n) is 4.44. The topological polar surface area (TPSA) is 58.6 Å². The molecule has 0 saturated carbocycles. The molecular weight excluding hydrogens is 280 g/mol. The number of benzene rings is 1. The molecule has 0 aliphatic rings. The fraction of sp³-hybridized carbons (Fsp3) is 0.429. The minimum atomic E-state index is -0.250. The molecule has 1 N–H and O–H groups in total. The zero-order chi connectivity index (χ0) is 15.0. The average molecular weight is 299 g/mol. The minimum Gasteiger partial charge on any atom is -0.469 e. The Hall–Kier alpha value is -1.59. The highest BCUT2D eigenvalue weighted by Gasteiger charge is 2.07. The largest absolute Gasteiger partial charge is 0.469 e. The Morgan fingerprint density at radius 1 is 1.30 bits per heavy atom. The van der Waals surface area contributed by atoms with Crippen molar-refractivity contribution < 1.29 is 14.3 Å². The zero-order valence-corrected chi connectivity index (χ0v) is 12.4. The van der Waals surface area contributed by atoms with Gasteiger partial charge in [-0.1, -0.05) is 17.7 Å². The van der Waals surface area contributed by atoms with E-state index in [0.717, 1.165) is 0 Å². The molecular formula is C14H19ClN2O3. The Bertz CT molecular complexity index is 465. The van der Waals surface area contributed by atoms with Crippen molar-refractivity contribution >= 4 is 29.2 Å². The summed E-state index contributed by atoms with van der Waals surface area (Å²) >= 11 is 5.84. The number of rotatable bonds is 7. The van der Waals surface area contributed by atoms with E-state index in [2.05, 4.69) is 10.1 Å². The van der Waals surface area contributed by atoms with Crippen LogP contribution in [0.15, 0.2) is 24.3 Å². The molecule has 0 spiro atoms. The third kappa shape index (κ3) is 6.54. The summed E-state index contributed by atoms with van der Waals surface area (Å²) in [6, 6.07) is 7.00. The number of carbonyl (C=O) groups excluding carboxylic acids is 2. The Balaban J connectivity index is 2.27. The van der Waals surface area contributed by atoms with Gasteiger partial charge >= 0.3 is 5.97 Å². The Morgan fingerprint density at radius 3 is 2.65 bits per heavy atom. The molecule has 1 rings (SSSR count). The maximum atomic E-state index is 11.8. The normalized spacial score (nSPS) is 10.4. The van der Waals surface area contributed by atoms with E-state index in [1.807, 2.05) is 11.9 Å². The number of hydrogen-bond donors (Lipinski definition) is 1. The predicted molar refractivity (Wildman–Crippen MR) is 78.8 cm³/mol. The molecule has 0 bridgehead atoms. The second-order valence-corrected chi connectivity index (χ2v) is 4.87. The first-order valence-electron chi connectivity index (χ1n) is 6.32. The number of nitrogens with zero attached hydrogens (tertiary/aromatic N) is 1. The van der Waals surface area contributed by atoms with Gasteiger partial charge in [0.25, 0.3) is 0 Å². The molecule has 0 radical (unpaired) electrons. The van der Waals surface area contributed by atoms with Crippen LogP contribution in [-0.2, 0) is 14.3 Å². The van der Waals surface area contributed by atoms with Crippen molar-refractivity contribution in [3.63, 3.8) is 0 Å². The number of methoxy groups -OCH3 is 1. The summed E-state index contributed by atoms with van der Waals surface area (Å²) in [6.45, 7) is 1.14. The van der Waals surface area contributed by atoms with Gasteiger partial charge in [0.15, 0.2) is 0 Å². The van der Waals surface area contributed by atoms with Gasteiger partial charge in [0.2, 0.25) is 5.91 Å². The lowest BCUT2D eigenvalue weighted by Crippen LogP contribution is -2.26. The van der Waals surface area contributed by atoms with E-state index in [4.69, 9.17) is 11.6 Å². The fourth-order valence-electron chi connectivity index (χ4n) is 1.58. The first-order valence-corrected chi connectivity index (χ1v) is 6.70. The molecule has 20 heavy (non-hydrogen) atoms. The van der Waals surface area contributed by atoms with E-state index in [9.17, 15) is 9.59 Å². The van der Waals surface area contributed by atoms with E-state index in [-0.39, 0.29) is 11.9 Å². The summed E-state index contributed by atoms with van der Waals surface area (Å²) in [5, 5.41) is 3.35. The zero-order valence-electron chi connectivity index (χ0n) is 11.7. The van der Waals surface area contributed by atoms with Crippen LogP contribution in [0.2, 0.25) is 5.02 Å². The standard InChI is InChI=1S/C14H19ClN2O3/c1-17(9-7-14(19)20-2)8-6-13(18)16-12-5-3-4-11(15)10-12/h3-5,10H,6-9H2,1-2H3,(H,16,18). The predicted octanol–water partition coefficient (Wildman–Crippen LogP) is 2.16. The van der Waals surface area contributed by atoms with Crippen molar-refractivity contribution in [3.05, 3.63) is 29.3 Å². The van der Waals surface area contributed by atoms with Crippen LogP contribution in [0.1, 0.15) is 12.8 Å². The number of carbonyl (C=O) groups is 2. The lowest BCUT2D eigenvalue weighted by molar-refractivity contribution is -0.140. The van der Waals surface area contributed by atoms with Crippen molar-refractivity contribution in [1.29, 1.82) is 0 Å². The van der Waals surface area contributed by atoms with Crippen molar-refractivity contribution in [3.8, 4) is 0 Å². The van der Waals surface area contributed by atoms with Crippen LogP contribution in [0.3, 0.4) is 0 Å². The molecule has 0 unspecified atom stereocenters. The Morgan fingerprint density at radius 2 is 2.00 bits per heavy atom. The summed E-state index contributed by atoms with van der Waals surface area (Å²) in [5.74, 6) is -0.336. The molecule has 0 saturated heterocycles. The van der Waals surface area contributed by atoms with Crippen LogP contribution >= 0.6 is 11.6 Å². The Kier molecular flexibility index (Phi) is 7.04. The molecule has 1 amide bonds. The maximum absolute atomic E-state index is 11.8. The van der Waals surface area contributed by atoms with Crippen LogP contribution in [0.4, 0.5) is 5.69 Å². The molecule has 0 aromatic heterocycles. The summed E-state index contributed by atoms with van der Waals surface area (Å²) in [6.07, 6.45) is 0.674. The van der Waals surface area contributed by atoms with Gasteiger partial charge in [0.05, 0.1) is 13.5 Å². The lowest BCUT2D eigenvalue weighted by Gasteiger charge is -2.15. The molecule has 0 atom stereocenters. The average Bonchev–Trinajstić information content (AvgIpc) is 2.42. The quantitative estimate of drug-likeness (QED) is 0.784. The van der Waals surface area contributed by atoms with Crippen LogP contribution in [-0.4, -0.2) is 44.0 Å². The van der Waals surface area contributed by atoms with E-state index >= 15 is 0 Å². The smallest absolute Gasteiger partial charge is 0.306 e. The number of amides is 1. The summed E-state index contributed by atoms with van der Waals surface area (Å²) in [4.78, 5) is 24.6. The van der Waals surface area contributed by atoms with Crippen LogP contribution in [0, 0.1) is 0 Å². The molecule has 1 aromatic rings. The molecule has 0 aliphatic heterocycles. The molecule has 0 heterocycles. The second kappa shape index (κ2) is 8.55. The SMILES string of the molecule is COC(=O)CCN(C)CCC(=O)Nc1cccc(Cl)c1. The Labute approximate surface area is 123 Å². The van der Waals surface area contributed by atoms with Gasteiger partial charge in [0.1, 0.15) is 0 Å². The molecule has 5 nitrogen and oxygen atoms in total. The summed E-state index contributed by atoms with van der Waals surface area (Å²) in [7, 11) is 3.22. The molecule has 6 heteroatoms. The van der Waals surface area contributed by atoms with Gasteiger partial charge in [-0.3, -0.25) is 9.59 Å². The number of nitrogens with one attached hydrogen (secondary N) is 1. The number of ether oxygens (including phenoxy) is 1. The van der Waals surface area contributed by atoms with E-state index < -0.39 is 0 Å². The number of halogens is 1. The van der Waals surface area contributed by atoms with E-state index in [1.54, 1.807) is 24.3 Å². The lowest BCUT2D eigenvalue weighted by atomic mass is 10.3. The molecule has 110 valence electrons. The number of hydrogen-bond acceptors (Lipinski definition) is 4. The highest BCUT2D eigenvalue weighted by Crippen LogP contribution is 2.14. The van der Waals surface area contributed by atoms with Crippen LogP contribution in [0.25, 0.3) is 0 Å². The first kappa shape index (κ1) is 16.5. The van der Waals surface area contributed by atoms with Crippen LogP contribution < -0.4 is 5.32 Å². The van der Waals surface area contributed by atoms with Crippen LogP contribution in [0.5, 0.6) is 0 Å². The van der Waals surface area contributed by atoms with Gasteiger partial charge in [-0.2, -0.15) is 0 Å². The van der Waals surface area contributed by atoms with Crippen molar-refractivity contribution in [1.82, 2.24) is 4.90 Å². The third-order valence-electron chi connectivity index (χ3n) is 2.75. The molecule has 0 fully saturated rings. The van der Waals surface area contributed by atoms with Crippen molar-refractivity contribution in [2.45, 2.75) is 12.8 Å². The van der Waals surface area contributed by atoms with Gasteiger partial charge < -0.3 is 15.0 Å². The fourth-order valence-corrected chi connectivity index (χ4v) is 1.77. The molecule has 1 aromatic carbocycles. The van der Waals surface area contributed by atoms with Gasteiger partial charge in [0, 0.05) is 30.2 Å². The van der Waals surface area contributed by atoms with E-state index in [1.165, 1.54) is 7.11 Å². The first-order chi connectivity index (χ1) is 9.51. The van der Waals surface area contributed by atoms with Crippen molar-refractivity contribution in [2.75, 3.05) is 32.6 Å². The summed E-state index contributed by atoms with van der Waals surface area (Å²) < 4.78 is 4.56. The highest BCUT2D eigenvalue weighted by molar-refractivity contribution is 6.30. The third-order valence-corrected chi connectivity index (χ3v) is 2.99. The number of esters is 1. The number of anilines is 1. The monoisotopic (exact) mass is 298 g/mol. The highest BCUT2D eigenvalue weighted by atomic mass is 35.5. The minimum absolute atomic E-state index is 0.0859. The van der Waals surface area contributed by atoms with E-state index in [0.29, 0.717) is 36.6 Å².